The van der Waals surface area contributed by atoms with Crippen molar-refractivity contribution in [3.8, 4) is 0 Å². The summed E-state index contributed by atoms with van der Waals surface area (Å²) >= 11 is 0. The van der Waals surface area contributed by atoms with Crippen molar-refractivity contribution in [2.24, 2.45) is 16.2 Å². The number of hydrogen-bond donors (Lipinski definition) is 0. The maximum Gasteiger partial charge on any atom is 0.140 e. The van der Waals surface area contributed by atoms with Crippen LogP contribution in [0.5, 0.6) is 0 Å². The molecule has 5 heteroatoms. The first kappa shape index (κ1) is 81.9. The Balaban J connectivity index is -0.0000000883. The van der Waals surface area contributed by atoms with Gasteiger partial charge in [-0.3, -0.25) is 14.4 Å². The molecule has 0 saturated carbocycles. The number of methoxy groups -OCH3 is 2. The highest BCUT2D eigenvalue weighted by atomic mass is 16.5. The lowest BCUT2D eigenvalue weighted by Gasteiger charge is -2.21. The molecule has 0 aromatic rings. The third-order valence-corrected chi connectivity index (χ3v) is 12.3. The number of carbonyl (C=O) groups excluding carboxylic acids is 3. The van der Waals surface area contributed by atoms with Crippen molar-refractivity contribution in [3.05, 3.63) is 0 Å². The molecule has 0 rings (SSSR count). The van der Waals surface area contributed by atoms with E-state index >= 15 is 0 Å². The van der Waals surface area contributed by atoms with Crippen LogP contribution in [0.1, 0.15) is 341 Å². The predicted molar refractivity (Wildman–Crippen MR) is 307 cm³/mol. The monoisotopic (exact) mass is 949 g/mol. The van der Waals surface area contributed by atoms with Gasteiger partial charge in [0.25, 0.3) is 0 Å². The van der Waals surface area contributed by atoms with Gasteiger partial charge in [0.05, 0.1) is 12.2 Å². The first-order valence-electron chi connectivity index (χ1n) is 26.5. The van der Waals surface area contributed by atoms with E-state index in [2.05, 4.69) is 20.8 Å². The number of Topliss-reactive ketones (excluding diaryl/α,β-unsaturated/α-hetero) is 3. The Morgan fingerprint density at radius 1 is 0.333 bits per heavy atom. The molecule has 66 heavy (non-hydrogen) atoms. The van der Waals surface area contributed by atoms with Gasteiger partial charge in [-0.1, -0.05) is 300 Å². The van der Waals surface area contributed by atoms with Gasteiger partial charge < -0.3 is 9.47 Å². The second-order valence-corrected chi connectivity index (χ2v) is 21.7. The molecule has 0 N–H and O–H groups in total. The summed E-state index contributed by atoms with van der Waals surface area (Å²) in [7, 11) is 3.46. The second-order valence-electron chi connectivity index (χ2n) is 21.7. The maximum absolute atomic E-state index is 12.0. The second kappa shape index (κ2) is 54.9. The minimum absolute atomic E-state index is 0. The number of ketones is 3. The molecule has 0 heterocycles. The van der Waals surface area contributed by atoms with Gasteiger partial charge in [-0.15, -0.1) is 0 Å². The van der Waals surface area contributed by atoms with Crippen LogP contribution in [0.15, 0.2) is 0 Å². The number of rotatable bonds is 38. The highest BCUT2D eigenvalue weighted by Gasteiger charge is 2.25. The van der Waals surface area contributed by atoms with Crippen LogP contribution < -0.4 is 0 Å². The normalized spacial score (nSPS) is 11.9. The Labute approximate surface area is 423 Å². The first-order chi connectivity index (χ1) is 28.8. The molecule has 2 atom stereocenters. The topological polar surface area (TPSA) is 69.7 Å². The van der Waals surface area contributed by atoms with Crippen LogP contribution >= 0.6 is 0 Å². The predicted octanol–water partition coefficient (Wildman–Crippen LogP) is 21.8. The average molecular weight is 950 g/mol. The molecule has 0 radical (unpaired) electrons. The van der Waals surface area contributed by atoms with Gasteiger partial charge in [0.1, 0.15) is 17.3 Å². The van der Waals surface area contributed by atoms with Crippen LogP contribution in [0.2, 0.25) is 0 Å². The fourth-order valence-electron chi connectivity index (χ4n) is 7.32. The standard InChI is InChI=1S/2C19H38O2.C18H36O.5CH4.2H2/c2*1-6-7-8-9-10-11-12-13-14-15-17(21-5)16-18(20)19(2,3)4;1-5-6-7-8-9-10-11-12-13-14-15-16-17(19)18(2,3)4;;;;;;;/h2*17H,6-16H2,1-5H3;5-16H2,1-4H3;5*1H4;2*1H/t2*17-;;;;;;;;/m11......../s1. The Hall–Kier alpha value is -1.07. The quantitative estimate of drug-likeness (QED) is 0.0577. The smallest absolute Gasteiger partial charge is 0.140 e. The Bertz CT molecular complexity index is 925. The molecular weight excluding hydrogens is 813 g/mol. The van der Waals surface area contributed by atoms with E-state index in [0.29, 0.717) is 30.2 Å². The van der Waals surface area contributed by atoms with Gasteiger partial charge in [0.2, 0.25) is 0 Å². The molecule has 0 aromatic heterocycles. The average Bonchev–Trinajstić information content (AvgIpc) is 3.19. The lowest BCUT2D eigenvalue weighted by Crippen LogP contribution is -2.26. The molecule has 0 aliphatic heterocycles. The van der Waals surface area contributed by atoms with Crippen LogP contribution in [0, 0.1) is 16.2 Å². The van der Waals surface area contributed by atoms with Crippen molar-refractivity contribution in [2.75, 3.05) is 14.2 Å². The van der Waals surface area contributed by atoms with E-state index in [0.717, 1.165) is 25.7 Å². The van der Waals surface area contributed by atoms with E-state index in [9.17, 15) is 14.4 Å². The molecule has 0 aromatic carbocycles. The zero-order chi connectivity index (χ0) is 46.8. The number of carbonyl (C=O) groups is 3. The first-order valence-corrected chi connectivity index (χ1v) is 26.5. The van der Waals surface area contributed by atoms with Crippen molar-refractivity contribution in [2.45, 2.75) is 351 Å². The molecule has 0 bridgehead atoms. The van der Waals surface area contributed by atoms with E-state index in [1.165, 1.54) is 180 Å². The summed E-state index contributed by atoms with van der Waals surface area (Å²) in [6, 6.07) is 0. The lowest BCUT2D eigenvalue weighted by molar-refractivity contribution is -0.129. The van der Waals surface area contributed by atoms with E-state index in [1.54, 1.807) is 14.2 Å². The van der Waals surface area contributed by atoms with Crippen LogP contribution in [0.25, 0.3) is 0 Å². The van der Waals surface area contributed by atoms with E-state index < -0.39 is 0 Å². The molecular formula is C61H136O5. The van der Waals surface area contributed by atoms with Gasteiger partial charge >= 0.3 is 0 Å². The molecule has 5 nitrogen and oxygen atoms in total. The molecule has 0 amide bonds. The fourth-order valence-corrected chi connectivity index (χ4v) is 7.32. The van der Waals surface area contributed by atoms with Crippen molar-refractivity contribution in [1.29, 1.82) is 0 Å². The summed E-state index contributed by atoms with van der Waals surface area (Å²) < 4.78 is 10.9. The Morgan fingerprint density at radius 2 is 0.530 bits per heavy atom. The van der Waals surface area contributed by atoms with Gasteiger partial charge in [-0.05, 0) is 19.3 Å². The summed E-state index contributed by atoms with van der Waals surface area (Å²) in [5, 5.41) is 0. The van der Waals surface area contributed by atoms with Gasteiger partial charge in [0, 0.05) is 52.6 Å². The molecule has 0 fully saturated rings. The minimum atomic E-state index is -0.241. The third kappa shape index (κ3) is 59.1. The zero-order valence-corrected chi connectivity index (χ0v) is 44.2. The fraction of sp³-hybridized carbons (Fsp3) is 0.951. The lowest BCUT2D eigenvalue weighted by atomic mass is 9.87. The summed E-state index contributed by atoms with van der Waals surface area (Å²) in [5.74, 6) is 1.04. The van der Waals surface area contributed by atoms with Gasteiger partial charge in [0.15, 0.2) is 0 Å². The van der Waals surface area contributed by atoms with Crippen LogP contribution in [-0.2, 0) is 23.9 Å². The number of unbranched alkanes of at least 4 members (excludes halogenated alkanes) is 26. The summed E-state index contributed by atoms with van der Waals surface area (Å²) in [6.07, 6.45) is 43.1. The highest BCUT2D eigenvalue weighted by Crippen LogP contribution is 2.23. The van der Waals surface area contributed by atoms with Crippen molar-refractivity contribution in [3.63, 3.8) is 0 Å². The molecule has 0 unspecified atom stereocenters. The summed E-state index contributed by atoms with van der Waals surface area (Å²) in [6.45, 7) is 24.8. The van der Waals surface area contributed by atoms with Gasteiger partial charge in [-0.2, -0.15) is 0 Å². The SMILES string of the molecule is C.C.C.C.C.CCCCCCCCCCCCCC(=O)C(C)(C)C.CCCCCCCCCCC[C@H](CC(=O)C(C)(C)C)OC.CCCCCCCCCCC[C@H](CC(=O)C(C)(C)C)OC.[HH].[HH]. The van der Waals surface area contributed by atoms with Crippen molar-refractivity contribution < 1.29 is 26.7 Å². The minimum Gasteiger partial charge on any atom is -0.381 e. The van der Waals surface area contributed by atoms with Crippen LogP contribution in [0.3, 0.4) is 0 Å². The number of hydrogen-bond acceptors (Lipinski definition) is 5. The zero-order valence-electron chi connectivity index (χ0n) is 44.2. The molecule has 0 aliphatic rings. The van der Waals surface area contributed by atoms with E-state index in [4.69, 9.17) is 9.47 Å². The van der Waals surface area contributed by atoms with Crippen molar-refractivity contribution in [1.82, 2.24) is 0 Å². The van der Waals surface area contributed by atoms with Gasteiger partial charge in [-0.25, -0.2) is 0 Å². The van der Waals surface area contributed by atoms with Crippen LogP contribution in [0.4, 0.5) is 0 Å². The molecule has 0 spiro atoms. The maximum atomic E-state index is 12.0. The number of ether oxygens (including phenoxy) is 2. The highest BCUT2D eigenvalue weighted by molar-refractivity contribution is 5.84. The molecule has 0 saturated heterocycles. The van der Waals surface area contributed by atoms with E-state index in [1.807, 2.05) is 62.3 Å². The molecule has 0 aliphatic carbocycles. The summed E-state index contributed by atoms with van der Waals surface area (Å²) in [5.41, 5.74) is -0.622. The largest absolute Gasteiger partial charge is 0.381 e. The Morgan fingerprint density at radius 3 is 0.727 bits per heavy atom. The Kier molecular flexibility index (Phi) is 68.1. The van der Waals surface area contributed by atoms with Crippen LogP contribution in [-0.4, -0.2) is 43.8 Å². The third-order valence-electron chi connectivity index (χ3n) is 12.3. The van der Waals surface area contributed by atoms with Crippen molar-refractivity contribution >= 4 is 17.3 Å². The van der Waals surface area contributed by atoms with E-state index in [-0.39, 0.29) is 68.4 Å². The molecule has 410 valence electrons. The summed E-state index contributed by atoms with van der Waals surface area (Å²) in [4.78, 5) is 35.8.